The van der Waals surface area contributed by atoms with Crippen LogP contribution in [0.5, 0.6) is 5.75 Å². The van der Waals surface area contributed by atoms with Gasteiger partial charge in [-0.2, -0.15) is 13.2 Å². The Bertz CT molecular complexity index is 1370. The minimum atomic E-state index is -4.53. The first-order valence-corrected chi connectivity index (χ1v) is 11.0. The zero-order valence-corrected chi connectivity index (χ0v) is 19.8. The Morgan fingerprint density at radius 2 is 1.94 bits per heavy atom. The predicted octanol–water partition coefficient (Wildman–Crippen LogP) is 6.21. The van der Waals surface area contributed by atoms with E-state index in [1.165, 1.54) is 12.3 Å². The number of aromatic nitrogens is 4. The van der Waals surface area contributed by atoms with Gasteiger partial charge in [0, 0.05) is 46.2 Å². The number of nitrogens with two attached hydrogens (primary N) is 1. The summed E-state index contributed by atoms with van der Waals surface area (Å²) in [6.45, 7) is 7.81. The van der Waals surface area contributed by atoms with Gasteiger partial charge in [0.25, 0.3) is 0 Å². The molecular weight excluding hydrogens is 467 g/mol. The van der Waals surface area contributed by atoms with Crippen molar-refractivity contribution in [3.05, 3.63) is 70.2 Å². The molecule has 1 aromatic carbocycles. The minimum absolute atomic E-state index is 0.288. The highest BCUT2D eigenvalue weighted by Crippen LogP contribution is 2.44. The van der Waals surface area contributed by atoms with Crippen LogP contribution in [0.2, 0.25) is 5.02 Å². The molecule has 0 radical (unpaired) electrons. The van der Waals surface area contributed by atoms with E-state index in [0.717, 1.165) is 17.3 Å². The fraction of sp³-hybridized carbons (Fsp3) is 0.292. The van der Waals surface area contributed by atoms with Gasteiger partial charge >= 0.3 is 6.18 Å². The van der Waals surface area contributed by atoms with Crippen molar-refractivity contribution in [2.24, 2.45) is 0 Å². The normalized spacial score (nSPS) is 12.8. The first-order valence-electron chi connectivity index (χ1n) is 10.6. The summed E-state index contributed by atoms with van der Waals surface area (Å²) in [5.74, 6) is 1.31. The number of alkyl halides is 3. The van der Waals surface area contributed by atoms with E-state index in [-0.39, 0.29) is 5.92 Å². The third-order valence-corrected chi connectivity index (χ3v) is 6.17. The van der Waals surface area contributed by atoms with Crippen LogP contribution in [0.1, 0.15) is 48.1 Å². The number of benzene rings is 1. The van der Waals surface area contributed by atoms with E-state index in [0.29, 0.717) is 51.2 Å². The lowest BCUT2D eigenvalue weighted by atomic mass is 9.91. The summed E-state index contributed by atoms with van der Waals surface area (Å²) in [5, 5.41) is 0.457. The molecule has 10 heteroatoms. The summed E-state index contributed by atoms with van der Waals surface area (Å²) in [6.07, 6.45) is 0.0550. The molecule has 6 nitrogen and oxygen atoms in total. The Morgan fingerprint density at radius 3 is 2.56 bits per heavy atom. The summed E-state index contributed by atoms with van der Waals surface area (Å²) in [5.41, 5.74) is 9.05. The Morgan fingerprint density at radius 1 is 1.21 bits per heavy atom. The number of rotatable bonds is 5. The van der Waals surface area contributed by atoms with Gasteiger partial charge in [-0.1, -0.05) is 24.6 Å². The number of aryl methyl sites for hydroxylation is 1. The summed E-state index contributed by atoms with van der Waals surface area (Å²) in [7, 11) is 0. The molecular formula is C24H23ClF3N5O. The van der Waals surface area contributed by atoms with E-state index in [1.807, 2.05) is 31.2 Å². The van der Waals surface area contributed by atoms with E-state index in [9.17, 15) is 13.2 Å². The lowest BCUT2D eigenvalue weighted by Gasteiger charge is -2.22. The molecule has 3 heterocycles. The molecule has 4 rings (SSSR count). The van der Waals surface area contributed by atoms with Gasteiger partial charge in [0.15, 0.2) is 0 Å². The molecule has 0 aliphatic carbocycles. The first kappa shape index (κ1) is 23.8. The van der Waals surface area contributed by atoms with E-state index < -0.39 is 11.9 Å². The Kier molecular flexibility index (Phi) is 6.16. The van der Waals surface area contributed by atoms with Crippen LogP contribution >= 0.6 is 11.6 Å². The Balaban J connectivity index is 1.93. The van der Waals surface area contributed by atoms with Crippen molar-refractivity contribution < 1.29 is 17.9 Å². The summed E-state index contributed by atoms with van der Waals surface area (Å²) in [4.78, 5) is 12.5. The average Bonchev–Trinajstić information content (AvgIpc) is 3.13. The van der Waals surface area contributed by atoms with E-state index in [2.05, 4.69) is 9.97 Å². The summed E-state index contributed by atoms with van der Waals surface area (Å²) >= 11 is 6.61. The third-order valence-electron chi connectivity index (χ3n) is 5.77. The molecule has 0 aliphatic heterocycles. The third kappa shape index (κ3) is 4.04. The van der Waals surface area contributed by atoms with Crippen molar-refractivity contribution in [3.8, 4) is 16.9 Å². The molecule has 0 bridgehead atoms. The van der Waals surface area contributed by atoms with Gasteiger partial charge in [-0.25, -0.2) is 9.97 Å². The molecule has 34 heavy (non-hydrogen) atoms. The molecule has 2 N–H and O–H groups in total. The maximum atomic E-state index is 13.1. The highest BCUT2D eigenvalue weighted by molar-refractivity contribution is 6.32. The number of hydrogen-bond acceptors (Lipinski definition) is 5. The lowest BCUT2D eigenvalue weighted by Crippen LogP contribution is -2.09. The van der Waals surface area contributed by atoms with Crippen molar-refractivity contribution in [2.75, 3.05) is 12.3 Å². The zero-order chi connectivity index (χ0) is 24.8. The van der Waals surface area contributed by atoms with Crippen molar-refractivity contribution in [1.82, 2.24) is 19.4 Å². The number of fused-ring (bicyclic) bond motifs is 1. The fourth-order valence-electron chi connectivity index (χ4n) is 4.14. The van der Waals surface area contributed by atoms with Gasteiger partial charge in [-0.3, -0.25) is 9.38 Å². The summed E-state index contributed by atoms with van der Waals surface area (Å²) in [6, 6.07) is 4.15. The van der Waals surface area contributed by atoms with Crippen LogP contribution in [0.15, 0.2) is 36.8 Å². The largest absolute Gasteiger partial charge is 0.493 e. The molecule has 0 fully saturated rings. The number of hydrogen-bond donors (Lipinski definition) is 1. The van der Waals surface area contributed by atoms with Crippen molar-refractivity contribution in [1.29, 1.82) is 0 Å². The number of ether oxygens (including phenoxy) is 1. The van der Waals surface area contributed by atoms with E-state index in [4.69, 9.17) is 27.1 Å². The Labute approximate surface area is 199 Å². The van der Waals surface area contributed by atoms with Crippen LogP contribution in [0, 0.1) is 13.8 Å². The average molecular weight is 490 g/mol. The number of nitrogen functional groups attached to an aromatic ring is 1. The minimum Gasteiger partial charge on any atom is -0.493 e. The van der Waals surface area contributed by atoms with Crippen LogP contribution in [-0.2, 0) is 6.18 Å². The second kappa shape index (κ2) is 8.79. The number of pyridine rings is 1. The van der Waals surface area contributed by atoms with Gasteiger partial charge in [-0.05, 0) is 38.5 Å². The lowest BCUT2D eigenvalue weighted by molar-refractivity contribution is -0.141. The molecule has 0 amide bonds. The molecule has 0 spiro atoms. The zero-order valence-electron chi connectivity index (χ0n) is 19.0. The number of nitrogens with zero attached hydrogens (tertiary/aromatic N) is 4. The van der Waals surface area contributed by atoms with Crippen molar-refractivity contribution in [2.45, 2.75) is 39.8 Å². The molecule has 3 aromatic heterocycles. The van der Waals surface area contributed by atoms with Gasteiger partial charge in [0.1, 0.15) is 28.6 Å². The first-order chi connectivity index (χ1) is 16.0. The Hall–Kier alpha value is -3.33. The smallest absolute Gasteiger partial charge is 0.433 e. The molecule has 0 saturated heterocycles. The van der Waals surface area contributed by atoms with Gasteiger partial charge in [0.05, 0.1) is 12.3 Å². The van der Waals surface area contributed by atoms with Crippen LogP contribution in [0.4, 0.5) is 19.0 Å². The van der Waals surface area contributed by atoms with Crippen molar-refractivity contribution >= 4 is 22.9 Å². The van der Waals surface area contributed by atoms with Crippen LogP contribution in [0.3, 0.4) is 0 Å². The fourth-order valence-corrected chi connectivity index (χ4v) is 4.35. The number of imidazole rings is 1. The van der Waals surface area contributed by atoms with Crippen LogP contribution in [-0.4, -0.2) is 26.0 Å². The van der Waals surface area contributed by atoms with Crippen molar-refractivity contribution in [3.63, 3.8) is 0 Å². The maximum Gasteiger partial charge on any atom is 0.433 e. The van der Waals surface area contributed by atoms with Gasteiger partial charge in [0.2, 0.25) is 0 Å². The second-order valence-corrected chi connectivity index (χ2v) is 8.36. The number of halogens is 4. The van der Waals surface area contributed by atoms with E-state index >= 15 is 0 Å². The molecule has 1 unspecified atom stereocenters. The second-order valence-electron chi connectivity index (χ2n) is 7.95. The maximum absolute atomic E-state index is 13.1. The van der Waals surface area contributed by atoms with Crippen LogP contribution < -0.4 is 10.5 Å². The predicted molar refractivity (Wildman–Crippen MR) is 125 cm³/mol. The van der Waals surface area contributed by atoms with Gasteiger partial charge in [-0.15, -0.1) is 0 Å². The molecule has 0 aliphatic rings. The monoisotopic (exact) mass is 489 g/mol. The quantitative estimate of drug-likeness (QED) is 0.360. The van der Waals surface area contributed by atoms with Crippen LogP contribution in [0.25, 0.3) is 16.6 Å². The highest BCUT2D eigenvalue weighted by Gasteiger charge is 2.32. The SMILES string of the molecule is CCOc1c(C(C)c2nc(C)c3c(N)nccn23)cc(Cl)c(C)c1-c1ccc(C(F)(F)F)nc1. The topological polar surface area (TPSA) is 78.3 Å². The van der Waals surface area contributed by atoms with Gasteiger partial charge < -0.3 is 10.5 Å². The summed E-state index contributed by atoms with van der Waals surface area (Å²) < 4.78 is 47.1. The van der Waals surface area contributed by atoms with E-state index in [1.54, 1.807) is 19.3 Å². The highest BCUT2D eigenvalue weighted by atomic mass is 35.5. The molecule has 0 saturated carbocycles. The molecule has 4 aromatic rings. The molecule has 178 valence electrons. The standard InChI is InChI=1S/C24H23ClF3N5O/c1-5-34-21-16(12(2)23-32-14(4)20-22(29)30-8-9-33(20)23)10-17(25)13(3)19(21)15-6-7-18(31-11-15)24(26,27)28/h6-12H,5H2,1-4H3,(H2,29,30). The molecule has 1 atom stereocenters. The number of anilines is 1.